The largest absolute Gasteiger partial charge is 0.507 e. The van der Waals surface area contributed by atoms with Crippen LogP contribution in [0, 0.1) is 0 Å². The molecule has 6 heteroatoms. The van der Waals surface area contributed by atoms with Gasteiger partial charge < -0.3 is 19.6 Å². The van der Waals surface area contributed by atoms with Gasteiger partial charge in [-0.2, -0.15) is 4.98 Å². The summed E-state index contributed by atoms with van der Waals surface area (Å²) >= 11 is 0. The van der Waals surface area contributed by atoms with Crippen molar-refractivity contribution in [2.45, 2.75) is 0 Å². The topological polar surface area (TPSA) is 80.3 Å². The van der Waals surface area contributed by atoms with E-state index in [0.29, 0.717) is 28.7 Å². The quantitative estimate of drug-likeness (QED) is 0.764. The first-order valence-corrected chi connectivity index (χ1v) is 5.99. The number of methoxy groups -OCH3 is 2. The van der Waals surface area contributed by atoms with E-state index < -0.39 is 0 Å². The fourth-order valence-corrected chi connectivity index (χ4v) is 1.95. The van der Waals surface area contributed by atoms with Crippen molar-refractivity contribution in [2.24, 2.45) is 0 Å². The van der Waals surface area contributed by atoms with Gasteiger partial charge >= 0.3 is 0 Å². The summed E-state index contributed by atoms with van der Waals surface area (Å²) in [5.41, 5.74) is 1.85. The molecule has 0 radical (unpaired) electrons. The monoisotopic (exact) mass is 271 g/mol. The number of phenolic OH excluding ortho intramolecular Hbond substituents is 1. The third-order valence-electron chi connectivity index (χ3n) is 2.99. The van der Waals surface area contributed by atoms with Gasteiger partial charge in [-0.25, -0.2) is 4.98 Å². The van der Waals surface area contributed by atoms with E-state index in [-0.39, 0.29) is 5.75 Å². The van der Waals surface area contributed by atoms with Crippen LogP contribution in [0.1, 0.15) is 0 Å². The fourth-order valence-electron chi connectivity index (χ4n) is 1.95. The molecule has 0 aliphatic heterocycles. The number of hydrogen-bond acceptors (Lipinski definition) is 5. The van der Waals surface area contributed by atoms with Crippen molar-refractivity contribution in [3.05, 3.63) is 30.3 Å². The van der Waals surface area contributed by atoms with Gasteiger partial charge in [0.15, 0.2) is 5.65 Å². The first-order chi connectivity index (χ1) is 9.71. The molecule has 1 aromatic carbocycles. The summed E-state index contributed by atoms with van der Waals surface area (Å²) in [6.07, 6.45) is 0. The van der Waals surface area contributed by atoms with Crippen LogP contribution in [0.4, 0.5) is 0 Å². The van der Waals surface area contributed by atoms with Crippen LogP contribution in [0.5, 0.6) is 17.4 Å². The molecule has 20 heavy (non-hydrogen) atoms. The molecule has 0 aliphatic rings. The highest BCUT2D eigenvalue weighted by Gasteiger charge is 2.12. The first kappa shape index (κ1) is 12.3. The van der Waals surface area contributed by atoms with Gasteiger partial charge in [-0.3, -0.25) is 0 Å². The number of nitrogens with zero attached hydrogens (tertiary/aromatic N) is 2. The normalized spacial score (nSPS) is 10.7. The van der Waals surface area contributed by atoms with Gasteiger partial charge in [0.05, 0.1) is 25.3 Å². The van der Waals surface area contributed by atoms with E-state index in [1.165, 1.54) is 0 Å². The summed E-state index contributed by atoms with van der Waals surface area (Å²) in [5, 5.41) is 9.95. The molecule has 2 N–H and O–H groups in total. The number of benzene rings is 1. The van der Waals surface area contributed by atoms with Crippen molar-refractivity contribution in [1.29, 1.82) is 0 Å². The van der Waals surface area contributed by atoms with Gasteiger partial charge in [-0.1, -0.05) is 0 Å². The predicted octanol–water partition coefficient (Wildman–Crippen LogP) is 2.35. The highest BCUT2D eigenvalue weighted by molar-refractivity contribution is 5.78. The second-order valence-electron chi connectivity index (χ2n) is 4.19. The molecule has 6 nitrogen and oxygen atoms in total. The summed E-state index contributed by atoms with van der Waals surface area (Å²) in [4.78, 5) is 11.7. The molecule has 2 heterocycles. The summed E-state index contributed by atoms with van der Waals surface area (Å²) in [5.74, 6) is 1.78. The Hall–Kier alpha value is -2.76. The maximum absolute atomic E-state index is 9.95. The summed E-state index contributed by atoms with van der Waals surface area (Å²) < 4.78 is 10.2. The van der Waals surface area contributed by atoms with E-state index in [1.54, 1.807) is 38.5 Å². The number of aromatic hydroxyl groups is 1. The van der Waals surface area contributed by atoms with Gasteiger partial charge in [0.2, 0.25) is 5.88 Å². The van der Waals surface area contributed by atoms with Crippen LogP contribution in [0.2, 0.25) is 0 Å². The fraction of sp³-hybridized carbons (Fsp3) is 0.143. The molecule has 0 bridgehead atoms. The van der Waals surface area contributed by atoms with E-state index in [1.807, 2.05) is 6.07 Å². The standard InChI is InChI=1S/C14H13N3O3/c1-19-8-3-5-11(18)9(7-8)13-15-10-4-6-12(20-2)16-14(10)17-13/h3-7,18H,1-2H3,(H,15,16,17). The molecule has 3 aromatic rings. The Labute approximate surface area is 115 Å². The average molecular weight is 271 g/mol. The summed E-state index contributed by atoms with van der Waals surface area (Å²) in [7, 11) is 3.12. The zero-order valence-electron chi connectivity index (χ0n) is 11.0. The van der Waals surface area contributed by atoms with E-state index in [9.17, 15) is 5.11 Å². The van der Waals surface area contributed by atoms with Crippen LogP contribution < -0.4 is 9.47 Å². The highest BCUT2D eigenvalue weighted by atomic mass is 16.5. The van der Waals surface area contributed by atoms with Crippen molar-refractivity contribution in [2.75, 3.05) is 14.2 Å². The molecule has 0 fully saturated rings. The molecule has 102 valence electrons. The number of pyridine rings is 1. The first-order valence-electron chi connectivity index (χ1n) is 5.99. The van der Waals surface area contributed by atoms with Gasteiger partial charge in [0, 0.05) is 6.07 Å². The van der Waals surface area contributed by atoms with Crippen LogP contribution in [-0.4, -0.2) is 34.3 Å². The summed E-state index contributed by atoms with van der Waals surface area (Å²) in [6, 6.07) is 8.53. The van der Waals surface area contributed by atoms with Gasteiger partial charge in [0.25, 0.3) is 0 Å². The Bertz CT molecular complexity index is 767. The number of rotatable bonds is 3. The maximum Gasteiger partial charge on any atom is 0.215 e. The maximum atomic E-state index is 9.95. The van der Waals surface area contributed by atoms with E-state index in [2.05, 4.69) is 15.0 Å². The second-order valence-corrected chi connectivity index (χ2v) is 4.19. The highest BCUT2D eigenvalue weighted by Crippen LogP contribution is 2.31. The number of hydrogen-bond donors (Lipinski definition) is 2. The Kier molecular flexibility index (Phi) is 2.90. The van der Waals surface area contributed by atoms with Crippen molar-refractivity contribution >= 4 is 11.2 Å². The number of fused-ring (bicyclic) bond motifs is 1. The van der Waals surface area contributed by atoms with Crippen molar-refractivity contribution in [3.63, 3.8) is 0 Å². The van der Waals surface area contributed by atoms with Gasteiger partial charge in [0.1, 0.15) is 17.3 Å². The van der Waals surface area contributed by atoms with E-state index >= 15 is 0 Å². The molecule has 0 saturated carbocycles. The molecule has 0 amide bonds. The lowest BCUT2D eigenvalue weighted by molar-refractivity contribution is 0.399. The Morgan fingerprint density at radius 2 is 1.90 bits per heavy atom. The van der Waals surface area contributed by atoms with Crippen molar-refractivity contribution in [1.82, 2.24) is 15.0 Å². The molecule has 0 aliphatic carbocycles. The number of nitrogens with one attached hydrogen (secondary N) is 1. The van der Waals surface area contributed by atoms with Crippen LogP contribution in [0.25, 0.3) is 22.6 Å². The summed E-state index contributed by atoms with van der Waals surface area (Å²) in [6.45, 7) is 0. The van der Waals surface area contributed by atoms with Crippen molar-refractivity contribution < 1.29 is 14.6 Å². The minimum atomic E-state index is 0.122. The van der Waals surface area contributed by atoms with E-state index in [0.717, 1.165) is 5.52 Å². The zero-order valence-corrected chi connectivity index (χ0v) is 11.0. The molecule has 2 aromatic heterocycles. The third kappa shape index (κ3) is 2.01. The molecule has 0 spiro atoms. The lowest BCUT2D eigenvalue weighted by Gasteiger charge is -2.04. The van der Waals surface area contributed by atoms with Crippen LogP contribution in [-0.2, 0) is 0 Å². The molecular formula is C14H13N3O3. The van der Waals surface area contributed by atoms with E-state index in [4.69, 9.17) is 9.47 Å². The van der Waals surface area contributed by atoms with Crippen molar-refractivity contribution in [3.8, 4) is 28.8 Å². The number of H-pyrrole nitrogens is 1. The zero-order chi connectivity index (χ0) is 14.1. The smallest absolute Gasteiger partial charge is 0.215 e. The predicted molar refractivity (Wildman–Crippen MR) is 74.1 cm³/mol. The third-order valence-corrected chi connectivity index (χ3v) is 2.99. The number of aromatic nitrogens is 3. The lowest BCUT2D eigenvalue weighted by atomic mass is 10.2. The lowest BCUT2D eigenvalue weighted by Crippen LogP contribution is -1.87. The van der Waals surface area contributed by atoms with Crippen LogP contribution in [0.3, 0.4) is 0 Å². The average Bonchev–Trinajstić information content (AvgIpc) is 2.90. The molecular weight excluding hydrogens is 258 g/mol. The number of imidazole rings is 1. The molecule has 0 unspecified atom stereocenters. The SMILES string of the molecule is COc1ccc(O)c(-c2nc3nc(OC)ccc3[nH]2)c1. The number of phenols is 1. The Morgan fingerprint density at radius 3 is 2.65 bits per heavy atom. The van der Waals surface area contributed by atoms with Crippen LogP contribution in [0.15, 0.2) is 30.3 Å². The minimum absolute atomic E-state index is 0.122. The molecule has 3 rings (SSSR count). The number of ether oxygens (including phenoxy) is 2. The second kappa shape index (κ2) is 4.73. The van der Waals surface area contributed by atoms with Crippen LogP contribution >= 0.6 is 0 Å². The Balaban J connectivity index is 2.14. The number of aromatic amines is 1. The van der Waals surface area contributed by atoms with Gasteiger partial charge in [-0.15, -0.1) is 0 Å². The van der Waals surface area contributed by atoms with Gasteiger partial charge in [-0.05, 0) is 24.3 Å². The molecule has 0 saturated heterocycles. The molecule has 0 atom stereocenters. The Morgan fingerprint density at radius 1 is 1.05 bits per heavy atom. The minimum Gasteiger partial charge on any atom is -0.507 e.